The van der Waals surface area contributed by atoms with Crippen LogP contribution in [0.2, 0.25) is 5.02 Å². The third-order valence-corrected chi connectivity index (χ3v) is 7.73. The molecule has 3 aromatic rings. The molecule has 1 amide bonds. The largest absolute Gasteiger partial charge is 0.325 e. The normalized spacial score (nSPS) is 11.6. The molecular formula is C23H24ClN3O5S2. The van der Waals surface area contributed by atoms with Crippen LogP contribution in [-0.4, -0.2) is 35.5 Å². The smallest absolute Gasteiger partial charge is 0.261 e. The number of nitrogens with one attached hydrogen (secondary N) is 2. The summed E-state index contributed by atoms with van der Waals surface area (Å²) in [6.07, 6.45) is 0.998. The molecule has 0 aliphatic heterocycles. The van der Waals surface area contributed by atoms with Crippen LogP contribution in [0.3, 0.4) is 0 Å². The van der Waals surface area contributed by atoms with Crippen LogP contribution >= 0.6 is 11.6 Å². The van der Waals surface area contributed by atoms with E-state index in [9.17, 15) is 21.6 Å². The molecule has 3 rings (SSSR count). The monoisotopic (exact) mass is 521 g/mol. The van der Waals surface area contributed by atoms with Crippen molar-refractivity contribution in [2.75, 3.05) is 27.1 Å². The van der Waals surface area contributed by atoms with Crippen LogP contribution in [0.5, 0.6) is 0 Å². The van der Waals surface area contributed by atoms with E-state index in [0.717, 1.165) is 21.7 Å². The molecule has 0 unspecified atom stereocenters. The zero-order valence-corrected chi connectivity index (χ0v) is 21.1. The molecule has 180 valence electrons. The molecule has 0 saturated heterocycles. The summed E-state index contributed by atoms with van der Waals surface area (Å²) in [6, 6.07) is 17.1. The quantitative estimate of drug-likeness (QED) is 0.462. The van der Waals surface area contributed by atoms with Gasteiger partial charge in [-0.2, -0.15) is 0 Å². The summed E-state index contributed by atoms with van der Waals surface area (Å²) in [6.45, 7) is 3.16. The maximum absolute atomic E-state index is 12.8. The van der Waals surface area contributed by atoms with Gasteiger partial charge in [-0.05, 0) is 73.5 Å². The molecule has 0 atom stereocenters. The number of carbonyl (C=O) groups is 1. The predicted octanol–water partition coefficient (Wildman–Crippen LogP) is 4.16. The highest BCUT2D eigenvalue weighted by molar-refractivity contribution is 7.92. The Kier molecular flexibility index (Phi) is 7.54. The van der Waals surface area contributed by atoms with Crippen LogP contribution in [0, 0.1) is 13.8 Å². The standard InChI is InChI=1S/C23H24ClN3O5S2/c1-16-5-4-6-17(2)23(16)26-34(31,32)21-13-9-19(10-14-21)25-22(28)15-27(33(3,29)30)20-11-7-18(24)8-12-20/h4-14,26H,15H2,1-3H3,(H,25,28). The number of hydrogen-bond acceptors (Lipinski definition) is 5. The summed E-state index contributed by atoms with van der Waals surface area (Å²) in [5.74, 6) is -0.593. The molecular weight excluding hydrogens is 498 g/mol. The van der Waals surface area contributed by atoms with E-state index in [1.54, 1.807) is 0 Å². The summed E-state index contributed by atoms with van der Waals surface area (Å²) < 4.78 is 53.5. The Bertz CT molecular complexity index is 1390. The molecule has 34 heavy (non-hydrogen) atoms. The summed E-state index contributed by atoms with van der Waals surface area (Å²) in [7, 11) is -7.58. The van der Waals surface area contributed by atoms with E-state index < -0.39 is 32.5 Å². The van der Waals surface area contributed by atoms with Crippen molar-refractivity contribution in [2.24, 2.45) is 0 Å². The van der Waals surface area contributed by atoms with E-state index >= 15 is 0 Å². The van der Waals surface area contributed by atoms with Gasteiger partial charge in [-0.3, -0.25) is 13.8 Å². The van der Waals surface area contributed by atoms with Gasteiger partial charge in [0, 0.05) is 10.7 Å². The lowest BCUT2D eigenvalue weighted by Crippen LogP contribution is -2.37. The van der Waals surface area contributed by atoms with E-state index in [1.165, 1.54) is 48.5 Å². The van der Waals surface area contributed by atoms with Gasteiger partial charge in [0.2, 0.25) is 15.9 Å². The van der Waals surface area contributed by atoms with Gasteiger partial charge in [0.1, 0.15) is 6.54 Å². The third-order valence-electron chi connectivity index (χ3n) is 4.97. The number of benzene rings is 3. The van der Waals surface area contributed by atoms with Crippen molar-refractivity contribution in [3.05, 3.63) is 82.9 Å². The lowest BCUT2D eigenvalue weighted by Gasteiger charge is -2.22. The van der Waals surface area contributed by atoms with Gasteiger partial charge in [0.15, 0.2) is 0 Å². The number of hydrogen-bond donors (Lipinski definition) is 2. The lowest BCUT2D eigenvalue weighted by molar-refractivity contribution is -0.114. The van der Waals surface area contributed by atoms with Crippen molar-refractivity contribution < 1.29 is 21.6 Å². The van der Waals surface area contributed by atoms with Gasteiger partial charge in [-0.1, -0.05) is 29.8 Å². The number of nitrogens with zero attached hydrogens (tertiary/aromatic N) is 1. The van der Waals surface area contributed by atoms with Crippen LogP contribution in [0.1, 0.15) is 11.1 Å². The molecule has 0 spiro atoms. The molecule has 0 saturated carbocycles. The molecule has 0 aliphatic carbocycles. The third kappa shape index (κ3) is 6.28. The molecule has 3 aromatic carbocycles. The van der Waals surface area contributed by atoms with Crippen LogP contribution in [0.25, 0.3) is 0 Å². The molecule has 0 aromatic heterocycles. The Hall–Kier alpha value is -3.08. The fraction of sp³-hybridized carbons (Fsp3) is 0.174. The number of anilines is 3. The highest BCUT2D eigenvalue weighted by atomic mass is 35.5. The van der Waals surface area contributed by atoms with Crippen molar-refractivity contribution in [1.29, 1.82) is 0 Å². The van der Waals surface area contributed by atoms with Gasteiger partial charge >= 0.3 is 0 Å². The highest BCUT2D eigenvalue weighted by Gasteiger charge is 2.21. The zero-order chi connectivity index (χ0) is 25.1. The summed E-state index contributed by atoms with van der Waals surface area (Å²) in [4.78, 5) is 12.6. The molecule has 0 radical (unpaired) electrons. The second-order valence-corrected chi connectivity index (χ2v) is 11.7. The maximum Gasteiger partial charge on any atom is 0.261 e. The first-order valence-electron chi connectivity index (χ1n) is 10.1. The Labute approximate surface area is 204 Å². The van der Waals surface area contributed by atoms with Crippen molar-refractivity contribution in [3.8, 4) is 0 Å². The van der Waals surface area contributed by atoms with Gasteiger partial charge in [0.05, 0.1) is 22.5 Å². The van der Waals surface area contributed by atoms with Gasteiger partial charge in [0.25, 0.3) is 10.0 Å². The molecule has 2 N–H and O–H groups in total. The second kappa shape index (κ2) is 10.0. The molecule has 11 heteroatoms. The first-order valence-corrected chi connectivity index (χ1v) is 13.8. The minimum Gasteiger partial charge on any atom is -0.325 e. The maximum atomic E-state index is 12.8. The Morgan fingerprint density at radius 2 is 1.44 bits per heavy atom. The van der Waals surface area contributed by atoms with Crippen molar-refractivity contribution in [3.63, 3.8) is 0 Å². The number of sulfonamides is 2. The average Bonchev–Trinajstić information content (AvgIpc) is 2.75. The first-order chi connectivity index (χ1) is 15.9. The van der Waals surface area contributed by atoms with E-state index in [2.05, 4.69) is 10.0 Å². The molecule has 8 nitrogen and oxygen atoms in total. The molecule has 0 aliphatic rings. The molecule has 0 fully saturated rings. The van der Waals surface area contributed by atoms with Crippen LogP contribution in [0.4, 0.5) is 17.1 Å². The van der Waals surface area contributed by atoms with Gasteiger partial charge in [-0.15, -0.1) is 0 Å². The number of rotatable bonds is 8. The SMILES string of the molecule is Cc1cccc(C)c1NS(=O)(=O)c1ccc(NC(=O)CN(c2ccc(Cl)cc2)S(C)(=O)=O)cc1. The van der Waals surface area contributed by atoms with E-state index in [0.29, 0.717) is 22.1 Å². The van der Waals surface area contributed by atoms with Crippen molar-refractivity contribution in [2.45, 2.75) is 18.7 Å². The minimum atomic E-state index is -3.84. The average molecular weight is 522 g/mol. The summed E-state index contributed by atoms with van der Waals surface area (Å²) in [5.41, 5.74) is 2.72. The fourth-order valence-electron chi connectivity index (χ4n) is 3.22. The van der Waals surface area contributed by atoms with E-state index in [-0.39, 0.29) is 4.90 Å². The Balaban J connectivity index is 1.73. The van der Waals surface area contributed by atoms with E-state index in [1.807, 2.05) is 32.0 Å². The van der Waals surface area contributed by atoms with Crippen molar-refractivity contribution >= 4 is 54.6 Å². The highest BCUT2D eigenvalue weighted by Crippen LogP contribution is 2.24. The number of halogens is 1. The minimum absolute atomic E-state index is 0.0204. The molecule has 0 bridgehead atoms. The first kappa shape index (κ1) is 25.5. The van der Waals surface area contributed by atoms with E-state index in [4.69, 9.17) is 11.6 Å². The van der Waals surface area contributed by atoms with Crippen LogP contribution < -0.4 is 14.3 Å². The van der Waals surface area contributed by atoms with Crippen LogP contribution in [-0.2, 0) is 24.8 Å². The summed E-state index contributed by atoms with van der Waals surface area (Å²) >= 11 is 5.85. The number of carbonyl (C=O) groups excluding carboxylic acids is 1. The predicted molar refractivity (Wildman–Crippen MR) is 135 cm³/mol. The lowest BCUT2D eigenvalue weighted by atomic mass is 10.1. The number of amides is 1. The topological polar surface area (TPSA) is 113 Å². The fourth-order valence-corrected chi connectivity index (χ4v) is 5.41. The van der Waals surface area contributed by atoms with Gasteiger partial charge in [-0.25, -0.2) is 16.8 Å². The van der Waals surface area contributed by atoms with Crippen LogP contribution in [0.15, 0.2) is 71.6 Å². The second-order valence-electron chi connectivity index (χ2n) is 7.69. The number of aryl methyl sites for hydroxylation is 2. The van der Waals surface area contributed by atoms with Crippen molar-refractivity contribution in [1.82, 2.24) is 0 Å². The molecule has 0 heterocycles. The Morgan fingerprint density at radius 1 is 0.882 bits per heavy atom. The number of para-hydroxylation sites is 1. The Morgan fingerprint density at radius 3 is 1.97 bits per heavy atom. The zero-order valence-electron chi connectivity index (χ0n) is 18.7. The van der Waals surface area contributed by atoms with Gasteiger partial charge < -0.3 is 5.32 Å². The summed E-state index contributed by atoms with van der Waals surface area (Å²) in [5, 5.41) is 3.02.